The molecule has 3 rings (SSSR count). The number of hydrogen-bond acceptors (Lipinski definition) is 3. The molecule has 0 spiro atoms. The molecule has 3 N–H and O–H groups in total. The van der Waals surface area contributed by atoms with Crippen molar-refractivity contribution in [1.29, 1.82) is 0 Å². The monoisotopic (exact) mass is 301 g/mol. The summed E-state index contributed by atoms with van der Waals surface area (Å²) >= 11 is 0. The molecule has 2 aromatic rings. The molecule has 1 atom stereocenters. The van der Waals surface area contributed by atoms with Crippen molar-refractivity contribution < 1.29 is 14.7 Å². The fraction of sp³-hybridized carbons (Fsp3) is 0.375. The van der Waals surface area contributed by atoms with Crippen LogP contribution in [0, 0.1) is 0 Å². The number of hydrogen-bond donors (Lipinski definition) is 3. The molecule has 1 fully saturated rings. The summed E-state index contributed by atoms with van der Waals surface area (Å²) in [6, 6.07) is 9.38. The Labute approximate surface area is 128 Å². The van der Waals surface area contributed by atoms with Crippen molar-refractivity contribution in [3.05, 3.63) is 36.0 Å². The Kier molecular flexibility index (Phi) is 4.11. The predicted octanol–water partition coefficient (Wildman–Crippen LogP) is 0.881. The van der Waals surface area contributed by atoms with Gasteiger partial charge in [-0.25, -0.2) is 0 Å². The second-order valence-corrected chi connectivity index (χ2v) is 5.59. The van der Waals surface area contributed by atoms with Crippen LogP contribution >= 0.6 is 0 Å². The second kappa shape index (κ2) is 6.19. The topological polar surface area (TPSA) is 85.4 Å². The highest BCUT2D eigenvalue weighted by Crippen LogP contribution is 2.14. The molecule has 0 bridgehead atoms. The number of likely N-dealkylation sites (tertiary alicyclic amines) is 1. The number of rotatable bonds is 3. The normalized spacial score (nSPS) is 18.4. The largest absolute Gasteiger partial charge is 0.391 e. The van der Waals surface area contributed by atoms with E-state index in [9.17, 15) is 14.7 Å². The van der Waals surface area contributed by atoms with Crippen LogP contribution in [0.5, 0.6) is 0 Å². The zero-order valence-corrected chi connectivity index (χ0v) is 12.2. The Morgan fingerprint density at radius 2 is 2.18 bits per heavy atom. The fourth-order valence-corrected chi connectivity index (χ4v) is 2.74. The molecule has 116 valence electrons. The first-order chi connectivity index (χ1) is 10.6. The first-order valence-electron chi connectivity index (χ1n) is 7.45. The maximum atomic E-state index is 12.1. The van der Waals surface area contributed by atoms with E-state index in [2.05, 4.69) is 10.3 Å². The molecule has 0 radical (unpaired) electrons. The molecule has 22 heavy (non-hydrogen) atoms. The number of nitrogens with zero attached hydrogens (tertiary/aromatic N) is 1. The van der Waals surface area contributed by atoms with Gasteiger partial charge in [0.2, 0.25) is 5.91 Å². The second-order valence-electron chi connectivity index (χ2n) is 5.59. The number of aromatic amines is 1. The van der Waals surface area contributed by atoms with Gasteiger partial charge < -0.3 is 20.3 Å². The van der Waals surface area contributed by atoms with Crippen LogP contribution in [0.4, 0.5) is 0 Å². The van der Waals surface area contributed by atoms with Crippen LogP contribution in [0.15, 0.2) is 30.3 Å². The van der Waals surface area contributed by atoms with Crippen molar-refractivity contribution >= 4 is 22.7 Å². The fourth-order valence-electron chi connectivity index (χ4n) is 2.74. The summed E-state index contributed by atoms with van der Waals surface area (Å²) in [7, 11) is 0. The van der Waals surface area contributed by atoms with Crippen LogP contribution in [-0.2, 0) is 4.79 Å². The minimum Gasteiger partial charge on any atom is -0.391 e. The molecule has 1 unspecified atom stereocenters. The molecule has 0 aliphatic carbocycles. The lowest BCUT2D eigenvalue weighted by Gasteiger charge is -2.30. The predicted molar refractivity (Wildman–Crippen MR) is 82.5 cm³/mol. The lowest BCUT2D eigenvalue weighted by Crippen LogP contribution is -2.46. The summed E-state index contributed by atoms with van der Waals surface area (Å²) in [5.74, 6) is -0.467. The molecule has 1 saturated heterocycles. The molecule has 1 aliphatic rings. The lowest BCUT2D eigenvalue weighted by atomic mass is 10.1. The van der Waals surface area contributed by atoms with Crippen molar-refractivity contribution in [1.82, 2.24) is 15.2 Å². The third-order valence-corrected chi connectivity index (χ3v) is 3.92. The minimum absolute atomic E-state index is 0.0546. The summed E-state index contributed by atoms with van der Waals surface area (Å²) in [5.41, 5.74) is 1.32. The van der Waals surface area contributed by atoms with Crippen LogP contribution in [0.1, 0.15) is 23.3 Å². The number of aromatic nitrogens is 1. The first-order valence-corrected chi connectivity index (χ1v) is 7.45. The van der Waals surface area contributed by atoms with E-state index in [4.69, 9.17) is 0 Å². The molecule has 6 nitrogen and oxygen atoms in total. The van der Waals surface area contributed by atoms with Crippen molar-refractivity contribution in [3.8, 4) is 0 Å². The third kappa shape index (κ3) is 3.12. The molecule has 2 amide bonds. The van der Waals surface area contributed by atoms with Crippen molar-refractivity contribution in [2.24, 2.45) is 0 Å². The van der Waals surface area contributed by atoms with E-state index in [0.29, 0.717) is 18.8 Å². The standard InChI is InChI=1S/C16H19N3O3/c20-12-5-3-7-19(10-12)15(21)9-17-16(22)14-8-11-4-1-2-6-13(11)18-14/h1-2,4,6,8,12,18,20H,3,5,7,9-10H2,(H,17,22). The van der Waals surface area contributed by atoms with Gasteiger partial charge in [0.25, 0.3) is 5.91 Å². The summed E-state index contributed by atoms with van der Waals surface area (Å²) in [4.78, 5) is 28.8. The Balaban J connectivity index is 1.58. The van der Waals surface area contributed by atoms with Gasteiger partial charge in [-0.3, -0.25) is 9.59 Å². The van der Waals surface area contributed by atoms with Gasteiger partial charge in [0.15, 0.2) is 0 Å². The number of piperidine rings is 1. The van der Waals surface area contributed by atoms with Gasteiger partial charge >= 0.3 is 0 Å². The Morgan fingerprint density at radius 3 is 2.95 bits per heavy atom. The maximum absolute atomic E-state index is 12.1. The van der Waals surface area contributed by atoms with Gasteiger partial charge in [0.1, 0.15) is 5.69 Å². The van der Waals surface area contributed by atoms with E-state index in [0.717, 1.165) is 23.7 Å². The zero-order valence-electron chi connectivity index (χ0n) is 12.2. The highest BCUT2D eigenvalue weighted by Gasteiger charge is 2.22. The van der Waals surface area contributed by atoms with Crippen LogP contribution in [0.3, 0.4) is 0 Å². The summed E-state index contributed by atoms with van der Waals surface area (Å²) in [5, 5.41) is 13.2. The smallest absolute Gasteiger partial charge is 0.268 e. The summed E-state index contributed by atoms with van der Waals surface area (Å²) in [6.07, 6.45) is 1.07. The number of aliphatic hydroxyl groups excluding tert-OH is 1. The molecular formula is C16H19N3O3. The number of carbonyl (C=O) groups is 2. The minimum atomic E-state index is -0.456. The van der Waals surface area contributed by atoms with Crippen LogP contribution in [0.25, 0.3) is 10.9 Å². The molecule has 6 heteroatoms. The van der Waals surface area contributed by atoms with E-state index in [1.165, 1.54) is 0 Å². The number of β-amino-alcohol motifs (C(OH)–C–C–N with tert-alkyl or cyclic N) is 1. The summed E-state index contributed by atoms with van der Waals surface area (Å²) < 4.78 is 0. The molecule has 1 aromatic heterocycles. The number of para-hydroxylation sites is 1. The highest BCUT2D eigenvalue weighted by molar-refractivity contribution is 5.99. The maximum Gasteiger partial charge on any atom is 0.268 e. The first kappa shape index (κ1) is 14.6. The van der Waals surface area contributed by atoms with Crippen molar-refractivity contribution in [2.45, 2.75) is 18.9 Å². The van der Waals surface area contributed by atoms with E-state index in [1.54, 1.807) is 11.0 Å². The van der Waals surface area contributed by atoms with Crippen molar-refractivity contribution in [2.75, 3.05) is 19.6 Å². The van der Waals surface area contributed by atoms with E-state index < -0.39 is 6.10 Å². The quantitative estimate of drug-likeness (QED) is 0.787. The Bertz CT molecular complexity index is 662. The van der Waals surface area contributed by atoms with E-state index in [1.807, 2.05) is 24.3 Å². The van der Waals surface area contributed by atoms with Crippen LogP contribution in [-0.4, -0.2) is 52.5 Å². The average Bonchev–Trinajstić information content (AvgIpc) is 2.96. The lowest BCUT2D eigenvalue weighted by molar-refractivity contribution is -0.133. The zero-order chi connectivity index (χ0) is 15.5. The van der Waals surface area contributed by atoms with Gasteiger partial charge in [-0.15, -0.1) is 0 Å². The number of nitrogens with one attached hydrogen (secondary N) is 2. The number of amides is 2. The Morgan fingerprint density at radius 1 is 1.36 bits per heavy atom. The molecule has 1 aliphatic heterocycles. The van der Waals surface area contributed by atoms with Gasteiger partial charge in [0.05, 0.1) is 12.6 Å². The number of H-pyrrole nitrogens is 1. The highest BCUT2D eigenvalue weighted by atomic mass is 16.3. The van der Waals surface area contributed by atoms with Gasteiger partial charge in [-0.05, 0) is 25.0 Å². The molecule has 1 aromatic carbocycles. The van der Waals surface area contributed by atoms with E-state index in [-0.39, 0.29) is 18.4 Å². The van der Waals surface area contributed by atoms with E-state index >= 15 is 0 Å². The SMILES string of the molecule is O=C(NCC(=O)N1CCCC(O)C1)c1cc2ccccc2[nH]1. The number of carbonyl (C=O) groups excluding carboxylic acids is 2. The van der Waals surface area contributed by atoms with Crippen molar-refractivity contribution in [3.63, 3.8) is 0 Å². The van der Waals surface area contributed by atoms with Crippen LogP contribution in [0.2, 0.25) is 0 Å². The average molecular weight is 301 g/mol. The van der Waals surface area contributed by atoms with Gasteiger partial charge in [0, 0.05) is 24.0 Å². The number of benzene rings is 1. The molecule has 0 saturated carbocycles. The summed E-state index contributed by atoms with van der Waals surface area (Å²) in [6.45, 7) is 0.931. The van der Waals surface area contributed by atoms with Gasteiger partial charge in [-0.2, -0.15) is 0 Å². The third-order valence-electron chi connectivity index (χ3n) is 3.92. The molecule has 2 heterocycles. The number of aliphatic hydroxyl groups is 1. The Hall–Kier alpha value is -2.34. The molecular weight excluding hydrogens is 282 g/mol. The van der Waals surface area contributed by atoms with Crippen LogP contribution < -0.4 is 5.32 Å². The number of fused-ring (bicyclic) bond motifs is 1. The van der Waals surface area contributed by atoms with Gasteiger partial charge in [-0.1, -0.05) is 18.2 Å².